The van der Waals surface area contributed by atoms with Crippen LogP contribution in [-0.4, -0.2) is 40.1 Å². The highest BCUT2D eigenvalue weighted by atomic mass is 16.5. The molecule has 21 heavy (non-hydrogen) atoms. The summed E-state index contributed by atoms with van der Waals surface area (Å²) in [6.45, 7) is 3.84. The third-order valence-corrected chi connectivity index (χ3v) is 3.08. The third kappa shape index (κ3) is 3.31. The zero-order valence-corrected chi connectivity index (χ0v) is 11.8. The largest absolute Gasteiger partial charge is 0.481 e. The number of aliphatic carboxylic acids is 1. The number of nitrogens with zero attached hydrogens (tertiary/aromatic N) is 2. The van der Waals surface area contributed by atoms with Crippen molar-refractivity contribution in [2.24, 2.45) is 5.92 Å². The summed E-state index contributed by atoms with van der Waals surface area (Å²) in [7, 11) is 0. The van der Waals surface area contributed by atoms with Gasteiger partial charge in [-0.15, -0.1) is 0 Å². The Balaban J connectivity index is 2.13. The van der Waals surface area contributed by atoms with E-state index in [9.17, 15) is 9.59 Å². The molecule has 0 spiro atoms. The van der Waals surface area contributed by atoms with E-state index in [0.717, 1.165) is 0 Å². The summed E-state index contributed by atoms with van der Waals surface area (Å²) in [6, 6.07) is 4.88. The zero-order chi connectivity index (χ0) is 15.4. The van der Waals surface area contributed by atoms with Crippen LogP contribution < -0.4 is 0 Å². The van der Waals surface area contributed by atoms with E-state index in [2.05, 4.69) is 5.16 Å². The fourth-order valence-electron chi connectivity index (χ4n) is 1.84. The van der Waals surface area contributed by atoms with Gasteiger partial charge in [-0.05, 0) is 19.1 Å². The molecule has 2 rings (SSSR count). The second kappa shape index (κ2) is 6.25. The van der Waals surface area contributed by atoms with Crippen molar-refractivity contribution in [1.29, 1.82) is 0 Å². The van der Waals surface area contributed by atoms with E-state index in [-0.39, 0.29) is 18.1 Å². The lowest BCUT2D eigenvalue weighted by atomic mass is 10.1. The number of carboxylic acids is 1. The van der Waals surface area contributed by atoms with Crippen LogP contribution in [0.2, 0.25) is 0 Å². The Morgan fingerprint density at radius 2 is 2.19 bits per heavy atom. The Hall–Kier alpha value is -2.57. The molecule has 7 nitrogen and oxygen atoms in total. The molecule has 0 bridgehead atoms. The van der Waals surface area contributed by atoms with Crippen LogP contribution in [0.4, 0.5) is 0 Å². The standard InChI is InChI=1S/C14H16N2O5/c1-3-16(8-9(2)14(18)19)13(17)10-7-12(21-15-10)11-5-4-6-20-11/h4-7,9H,3,8H2,1-2H3,(H,18,19). The Morgan fingerprint density at radius 3 is 2.76 bits per heavy atom. The van der Waals surface area contributed by atoms with Crippen LogP contribution in [-0.2, 0) is 4.79 Å². The van der Waals surface area contributed by atoms with Gasteiger partial charge in [0.15, 0.2) is 11.5 Å². The summed E-state index contributed by atoms with van der Waals surface area (Å²) in [5.41, 5.74) is 0.126. The maximum Gasteiger partial charge on any atom is 0.308 e. The summed E-state index contributed by atoms with van der Waals surface area (Å²) >= 11 is 0. The molecular formula is C14H16N2O5. The Morgan fingerprint density at radius 1 is 1.43 bits per heavy atom. The first kappa shape index (κ1) is 14.8. The molecule has 0 aliphatic rings. The molecule has 0 aliphatic carbocycles. The Labute approximate surface area is 121 Å². The van der Waals surface area contributed by atoms with E-state index >= 15 is 0 Å². The van der Waals surface area contributed by atoms with Gasteiger partial charge < -0.3 is 18.9 Å². The molecule has 2 aromatic rings. The van der Waals surface area contributed by atoms with Crippen LogP contribution in [0, 0.1) is 5.92 Å². The number of furan rings is 1. The lowest BCUT2D eigenvalue weighted by Gasteiger charge is -2.21. The van der Waals surface area contributed by atoms with E-state index in [4.69, 9.17) is 14.0 Å². The van der Waals surface area contributed by atoms with E-state index in [0.29, 0.717) is 18.1 Å². The molecule has 0 fully saturated rings. The van der Waals surface area contributed by atoms with Gasteiger partial charge in [0.05, 0.1) is 12.2 Å². The number of amides is 1. The SMILES string of the molecule is CCN(CC(C)C(=O)O)C(=O)c1cc(-c2ccco2)on1. The quantitative estimate of drug-likeness (QED) is 0.875. The first-order valence-corrected chi connectivity index (χ1v) is 6.55. The number of carbonyl (C=O) groups is 2. The molecule has 1 atom stereocenters. The lowest BCUT2D eigenvalue weighted by molar-refractivity contribution is -0.141. The van der Waals surface area contributed by atoms with Crippen molar-refractivity contribution >= 4 is 11.9 Å². The maximum absolute atomic E-state index is 12.3. The molecule has 0 saturated carbocycles. The van der Waals surface area contributed by atoms with Gasteiger partial charge in [-0.2, -0.15) is 0 Å². The minimum atomic E-state index is -0.947. The van der Waals surface area contributed by atoms with Gasteiger partial charge in [-0.1, -0.05) is 12.1 Å². The van der Waals surface area contributed by atoms with Crippen LogP contribution in [0.3, 0.4) is 0 Å². The molecule has 0 saturated heterocycles. The van der Waals surface area contributed by atoms with Gasteiger partial charge in [0, 0.05) is 19.2 Å². The second-order valence-corrected chi connectivity index (χ2v) is 4.64. The van der Waals surface area contributed by atoms with Crippen molar-refractivity contribution in [3.05, 3.63) is 30.2 Å². The van der Waals surface area contributed by atoms with E-state index in [1.54, 1.807) is 26.0 Å². The summed E-state index contributed by atoms with van der Waals surface area (Å²) in [4.78, 5) is 24.6. The number of hydrogen-bond acceptors (Lipinski definition) is 5. The van der Waals surface area contributed by atoms with Crippen molar-refractivity contribution in [2.45, 2.75) is 13.8 Å². The molecule has 1 amide bonds. The molecule has 7 heteroatoms. The molecule has 0 radical (unpaired) electrons. The van der Waals surface area contributed by atoms with Gasteiger partial charge >= 0.3 is 5.97 Å². The third-order valence-electron chi connectivity index (χ3n) is 3.08. The Bertz CT molecular complexity index is 617. The van der Waals surface area contributed by atoms with Crippen molar-refractivity contribution in [1.82, 2.24) is 10.1 Å². The van der Waals surface area contributed by atoms with Gasteiger partial charge in [-0.25, -0.2) is 0 Å². The molecule has 0 aliphatic heterocycles. The highest BCUT2D eigenvalue weighted by molar-refractivity contribution is 5.93. The minimum absolute atomic E-state index is 0.119. The highest BCUT2D eigenvalue weighted by Gasteiger charge is 2.23. The monoisotopic (exact) mass is 292 g/mol. The fraction of sp³-hybridized carbons (Fsp3) is 0.357. The van der Waals surface area contributed by atoms with Crippen molar-refractivity contribution in [2.75, 3.05) is 13.1 Å². The van der Waals surface area contributed by atoms with Crippen LogP contribution >= 0.6 is 0 Å². The van der Waals surface area contributed by atoms with E-state index in [1.807, 2.05) is 0 Å². The number of aromatic nitrogens is 1. The lowest BCUT2D eigenvalue weighted by Crippen LogP contribution is -2.36. The number of carbonyl (C=O) groups excluding carboxylic acids is 1. The topological polar surface area (TPSA) is 96.8 Å². The second-order valence-electron chi connectivity index (χ2n) is 4.64. The molecule has 1 unspecified atom stereocenters. The fourth-order valence-corrected chi connectivity index (χ4v) is 1.84. The van der Waals surface area contributed by atoms with Gasteiger partial charge in [0.1, 0.15) is 0 Å². The molecule has 1 N–H and O–H groups in total. The number of hydrogen-bond donors (Lipinski definition) is 1. The number of carboxylic acid groups (broad SMARTS) is 1. The molecule has 112 valence electrons. The molecule has 2 heterocycles. The van der Waals surface area contributed by atoms with Crippen LogP contribution in [0.15, 0.2) is 33.4 Å². The summed E-state index contributed by atoms with van der Waals surface area (Å²) in [6.07, 6.45) is 1.49. The predicted molar refractivity (Wildman–Crippen MR) is 72.6 cm³/mol. The van der Waals surface area contributed by atoms with Crippen LogP contribution in [0.1, 0.15) is 24.3 Å². The zero-order valence-electron chi connectivity index (χ0n) is 11.8. The first-order chi connectivity index (χ1) is 10.0. The van der Waals surface area contributed by atoms with Crippen molar-refractivity contribution < 1.29 is 23.6 Å². The number of rotatable bonds is 6. The summed E-state index contributed by atoms with van der Waals surface area (Å²) in [5, 5.41) is 12.6. The average molecular weight is 292 g/mol. The van der Waals surface area contributed by atoms with Crippen LogP contribution in [0.25, 0.3) is 11.5 Å². The maximum atomic E-state index is 12.3. The molecular weight excluding hydrogens is 276 g/mol. The van der Waals surface area contributed by atoms with E-state index in [1.165, 1.54) is 17.2 Å². The summed E-state index contributed by atoms with van der Waals surface area (Å²) in [5.74, 6) is -1.13. The average Bonchev–Trinajstić information content (AvgIpc) is 3.13. The van der Waals surface area contributed by atoms with E-state index < -0.39 is 11.9 Å². The van der Waals surface area contributed by atoms with Gasteiger partial charge in [-0.3, -0.25) is 9.59 Å². The van der Waals surface area contributed by atoms with Crippen LogP contribution in [0.5, 0.6) is 0 Å². The summed E-state index contributed by atoms with van der Waals surface area (Å²) < 4.78 is 10.2. The Kier molecular flexibility index (Phi) is 4.42. The van der Waals surface area contributed by atoms with Gasteiger partial charge in [0.25, 0.3) is 5.91 Å². The van der Waals surface area contributed by atoms with Crippen molar-refractivity contribution in [3.63, 3.8) is 0 Å². The predicted octanol–water partition coefficient (Wildman–Crippen LogP) is 2.12. The normalized spacial score (nSPS) is 12.1. The first-order valence-electron chi connectivity index (χ1n) is 6.55. The molecule has 0 aromatic carbocycles. The highest BCUT2D eigenvalue weighted by Crippen LogP contribution is 2.21. The molecule has 2 aromatic heterocycles. The minimum Gasteiger partial charge on any atom is -0.481 e. The van der Waals surface area contributed by atoms with Crippen molar-refractivity contribution in [3.8, 4) is 11.5 Å². The van der Waals surface area contributed by atoms with Gasteiger partial charge in [0.2, 0.25) is 5.76 Å². The smallest absolute Gasteiger partial charge is 0.308 e.